The molecule has 7 heteroatoms. The average molecular weight is 317 g/mol. The first-order valence-electron chi connectivity index (χ1n) is 7.83. The minimum atomic E-state index is -0.729. The maximum Gasteiger partial charge on any atom is 0.235 e. The minimum absolute atomic E-state index is 0.0207. The van der Waals surface area contributed by atoms with Crippen LogP contribution in [0.2, 0.25) is 0 Å². The lowest BCUT2D eigenvalue weighted by molar-refractivity contribution is -0.132. The number of carbonyl (C=O) groups excluding carboxylic acids is 2. The Morgan fingerprint density at radius 3 is 2.96 bits per heavy atom. The van der Waals surface area contributed by atoms with Crippen molar-refractivity contribution < 1.29 is 18.8 Å². The molecule has 3 aliphatic heterocycles. The van der Waals surface area contributed by atoms with Crippen LogP contribution in [-0.4, -0.2) is 41.3 Å². The predicted octanol–water partition coefficient (Wildman–Crippen LogP) is 0.794. The quantitative estimate of drug-likeness (QED) is 0.833. The highest BCUT2D eigenvalue weighted by molar-refractivity contribution is 6.02. The Morgan fingerprint density at radius 1 is 1.52 bits per heavy atom. The highest BCUT2D eigenvalue weighted by atomic mass is 16.5. The van der Waals surface area contributed by atoms with E-state index in [1.54, 1.807) is 17.9 Å². The zero-order valence-corrected chi connectivity index (χ0v) is 13.3. The van der Waals surface area contributed by atoms with Crippen LogP contribution >= 0.6 is 0 Å². The fraction of sp³-hybridized carbons (Fsp3) is 0.562. The highest BCUT2D eigenvalue weighted by Crippen LogP contribution is 2.52. The third-order valence-corrected chi connectivity index (χ3v) is 4.73. The summed E-state index contributed by atoms with van der Waals surface area (Å²) in [6.07, 6.45) is 3.49. The molecule has 2 saturated heterocycles. The summed E-state index contributed by atoms with van der Waals surface area (Å²) in [7, 11) is 0. The smallest absolute Gasteiger partial charge is 0.235 e. The Hall–Kier alpha value is -2.15. The van der Waals surface area contributed by atoms with Gasteiger partial charge in [-0.05, 0) is 20.8 Å². The van der Waals surface area contributed by atoms with Crippen LogP contribution in [0.5, 0.6) is 0 Å². The summed E-state index contributed by atoms with van der Waals surface area (Å²) in [6.45, 7) is 5.94. The summed E-state index contributed by atoms with van der Waals surface area (Å²) < 4.78 is 11.1. The van der Waals surface area contributed by atoms with Crippen LogP contribution in [0.25, 0.3) is 0 Å². The third-order valence-electron chi connectivity index (χ3n) is 4.73. The predicted molar refractivity (Wildman–Crippen MR) is 80.6 cm³/mol. The van der Waals surface area contributed by atoms with Gasteiger partial charge in [-0.25, -0.2) is 0 Å². The van der Waals surface area contributed by atoms with Crippen LogP contribution in [0.1, 0.15) is 19.6 Å². The zero-order chi connectivity index (χ0) is 16.4. The van der Waals surface area contributed by atoms with Gasteiger partial charge in [0.1, 0.15) is 11.4 Å². The number of amides is 2. The lowest BCUT2D eigenvalue weighted by Gasteiger charge is -2.24. The van der Waals surface area contributed by atoms with Crippen molar-refractivity contribution in [1.29, 1.82) is 0 Å². The van der Waals surface area contributed by atoms with Crippen LogP contribution in [0.15, 0.2) is 22.7 Å². The van der Waals surface area contributed by atoms with Gasteiger partial charge in [0.2, 0.25) is 11.8 Å². The molecule has 3 aliphatic rings. The van der Waals surface area contributed by atoms with E-state index in [1.165, 1.54) is 0 Å². The van der Waals surface area contributed by atoms with E-state index in [9.17, 15) is 9.59 Å². The second kappa shape index (κ2) is 4.67. The minimum Gasteiger partial charge on any atom is -0.360 e. The summed E-state index contributed by atoms with van der Waals surface area (Å²) in [6, 6.07) is 1.74. The topological polar surface area (TPSA) is 84.7 Å². The van der Waals surface area contributed by atoms with E-state index >= 15 is 0 Å². The molecule has 0 aliphatic carbocycles. The van der Waals surface area contributed by atoms with Crippen LogP contribution in [0.4, 0.5) is 5.82 Å². The molecule has 122 valence electrons. The molecule has 0 aromatic carbocycles. The molecule has 0 radical (unpaired) electrons. The Kier molecular flexibility index (Phi) is 2.93. The molecule has 1 aromatic heterocycles. The van der Waals surface area contributed by atoms with Crippen molar-refractivity contribution in [2.75, 3.05) is 11.4 Å². The van der Waals surface area contributed by atoms with E-state index < -0.39 is 17.4 Å². The number of aryl methyl sites for hydroxylation is 1. The number of hydrogen-bond donors (Lipinski definition) is 1. The lowest BCUT2D eigenvalue weighted by atomic mass is 9.76. The first-order valence-corrected chi connectivity index (χ1v) is 7.83. The summed E-state index contributed by atoms with van der Waals surface area (Å²) in [5, 5.41) is 6.82. The second-order valence-electron chi connectivity index (χ2n) is 6.78. The van der Waals surface area contributed by atoms with Crippen molar-refractivity contribution in [3.63, 3.8) is 0 Å². The molecule has 7 nitrogen and oxygen atoms in total. The summed E-state index contributed by atoms with van der Waals surface area (Å²) >= 11 is 0. The normalized spacial score (nSPS) is 34.5. The van der Waals surface area contributed by atoms with E-state index in [4.69, 9.17) is 9.26 Å². The highest BCUT2D eigenvalue weighted by Gasteiger charge is 2.67. The van der Waals surface area contributed by atoms with Gasteiger partial charge in [0, 0.05) is 12.1 Å². The van der Waals surface area contributed by atoms with Gasteiger partial charge in [-0.15, -0.1) is 0 Å². The van der Waals surface area contributed by atoms with Crippen molar-refractivity contribution in [2.24, 2.45) is 11.8 Å². The van der Waals surface area contributed by atoms with Gasteiger partial charge < -0.3 is 14.6 Å². The van der Waals surface area contributed by atoms with E-state index in [2.05, 4.69) is 10.5 Å². The van der Waals surface area contributed by atoms with Crippen molar-refractivity contribution in [1.82, 2.24) is 10.5 Å². The van der Waals surface area contributed by atoms with E-state index in [0.29, 0.717) is 18.1 Å². The van der Waals surface area contributed by atoms with Crippen molar-refractivity contribution in [3.05, 3.63) is 24.0 Å². The van der Waals surface area contributed by atoms with Gasteiger partial charge in [-0.2, -0.15) is 0 Å². The summed E-state index contributed by atoms with van der Waals surface area (Å²) in [4.78, 5) is 27.0. The maximum absolute atomic E-state index is 12.9. The fourth-order valence-corrected chi connectivity index (χ4v) is 3.85. The van der Waals surface area contributed by atoms with Gasteiger partial charge in [-0.1, -0.05) is 17.3 Å². The van der Waals surface area contributed by atoms with Crippen molar-refractivity contribution in [2.45, 2.75) is 38.5 Å². The molecule has 4 rings (SSSR count). The molecule has 1 aromatic rings. The van der Waals surface area contributed by atoms with Crippen molar-refractivity contribution in [3.8, 4) is 0 Å². The number of hydrogen-bond acceptors (Lipinski definition) is 5. The molecule has 2 unspecified atom stereocenters. The number of anilines is 1. The molecule has 2 bridgehead atoms. The number of carbonyl (C=O) groups is 2. The van der Waals surface area contributed by atoms with Gasteiger partial charge in [-0.3, -0.25) is 14.5 Å². The van der Waals surface area contributed by atoms with Crippen LogP contribution in [-0.2, 0) is 14.3 Å². The number of fused-ring (bicyclic) bond motifs is 1. The number of nitrogens with zero attached hydrogens (tertiary/aromatic N) is 2. The Bertz CT molecular complexity index is 710. The Balaban J connectivity index is 1.67. The zero-order valence-electron chi connectivity index (χ0n) is 13.3. The second-order valence-corrected chi connectivity index (χ2v) is 6.78. The SMILES string of the molecule is Cc1cc(N2C[C@]34C=C[C@@H](O3)C(C(=O)NC(C)C)C4C2=O)no1. The van der Waals surface area contributed by atoms with Crippen LogP contribution in [0, 0.1) is 18.8 Å². The van der Waals surface area contributed by atoms with Crippen LogP contribution < -0.4 is 10.2 Å². The number of aromatic nitrogens is 1. The number of ether oxygens (including phenoxy) is 1. The van der Waals surface area contributed by atoms with Gasteiger partial charge in [0.25, 0.3) is 0 Å². The van der Waals surface area contributed by atoms with E-state index in [0.717, 1.165) is 0 Å². The molecule has 4 atom stereocenters. The third kappa shape index (κ3) is 1.96. The molecule has 1 spiro atoms. The molecule has 4 heterocycles. The lowest BCUT2D eigenvalue weighted by Crippen LogP contribution is -2.45. The van der Waals surface area contributed by atoms with Gasteiger partial charge >= 0.3 is 0 Å². The van der Waals surface area contributed by atoms with E-state index in [-0.39, 0.29) is 24.0 Å². The summed E-state index contributed by atoms with van der Waals surface area (Å²) in [5.74, 6) is -0.153. The molecule has 2 amide bonds. The first-order chi connectivity index (χ1) is 10.9. The average Bonchev–Trinajstić information content (AvgIpc) is 3.19. The number of rotatable bonds is 3. The molecule has 1 N–H and O–H groups in total. The molecular weight excluding hydrogens is 298 g/mol. The number of nitrogens with one attached hydrogen (secondary N) is 1. The Labute approximate surface area is 133 Å². The summed E-state index contributed by atoms with van der Waals surface area (Å²) in [5.41, 5.74) is -0.729. The first kappa shape index (κ1) is 14.4. The molecule has 2 fully saturated rings. The van der Waals surface area contributed by atoms with Crippen LogP contribution in [0.3, 0.4) is 0 Å². The maximum atomic E-state index is 12.9. The molecule has 0 saturated carbocycles. The fourth-order valence-electron chi connectivity index (χ4n) is 3.85. The molecule has 23 heavy (non-hydrogen) atoms. The standard InChI is InChI=1S/C16H19N3O4/c1-8(2)17-14(20)12-10-4-5-16(22-10)7-19(15(21)13(12)16)11-6-9(3)23-18-11/h4-6,8,10,12-13H,7H2,1-3H3,(H,17,20)/t10-,12?,13?,16+/m1/s1. The van der Waals surface area contributed by atoms with Gasteiger partial charge in [0.15, 0.2) is 5.82 Å². The van der Waals surface area contributed by atoms with Gasteiger partial charge in [0.05, 0.1) is 24.5 Å². The van der Waals surface area contributed by atoms with E-state index in [1.807, 2.05) is 26.0 Å². The monoisotopic (exact) mass is 317 g/mol. The van der Waals surface area contributed by atoms with Crippen molar-refractivity contribution >= 4 is 17.6 Å². The molecular formula is C16H19N3O4. The largest absolute Gasteiger partial charge is 0.360 e. The Morgan fingerprint density at radius 2 is 2.30 bits per heavy atom.